The first-order valence-corrected chi connectivity index (χ1v) is 9.37. The lowest BCUT2D eigenvalue weighted by molar-refractivity contribution is -0.116. The Morgan fingerprint density at radius 2 is 1.70 bits per heavy atom. The molecule has 4 heteroatoms. The number of carbonyl (C=O) groups is 2. The number of hydrogen-bond acceptors (Lipinski definition) is 3. The number of aryl methyl sites for hydroxylation is 2. The van der Waals surface area contributed by atoms with E-state index in [-0.39, 0.29) is 17.3 Å². The van der Waals surface area contributed by atoms with E-state index in [4.69, 9.17) is 4.74 Å². The van der Waals surface area contributed by atoms with Gasteiger partial charge in [0.05, 0.1) is 12.2 Å². The van der Waals surface area contributed by atoms with Crippen molar-refractivity contribution in [2.24, 2.45) is 0 Å². The van der Waals surface area contributed by atoms with Crippen molar-refractivity contribution in [1.82, 2.24) is 0 Å². The van der Waals surface area contributed by atoms with Crippen LogP contribution in [0.25, 0.3) is 0 Å². The molecule has 2 aromatic rings. The maximum atomic E-state index is 12.3. The van der Waals surface area contributed by atoms with Crippen LogP contribution in [-0.2, 0) is 21.4 Å². The average molecular weight is 367 g/mol. The number of ether oxygens (including phenoxy) is 1. The normalized spacial score (nSPS) is 11.1. The standard InChI is InChI=1S/C23H29NO3/c1-6-27-22(26)18-11-7-16(2)20(15-18)24-21(25)14-10-17-8-12-19(13-9-17)23(3,4)5/h7-9,11-13,15H,6,10,14H2,1-5H3,(H,24,25). The Morgan fingerprint density at radius 1 is 1.04 bits per heavy atom. The third-order valence-corrected chi connectivity index (χ3v) is 4.48. The van der Waals surface area contributed by atoms with Crippen LogP contribution < -0.4 is 5.32 Å². The third-order valence-electron chi connectivity index (χ3n) is 4.48. The Labute approximate surface area is 161 Å². The highest BCUT2D eigenvalue weighted by Crippen LogP contribution is 2.23. The summed E-state index contributed by atoms with van der Waals surface area (Å²) < 4.78 is 5.01. The number of amides is 1. The number of carbonyl (C=O) groups excluding carboxylic acids is 2. The molecule has 144 valence electrons. The van der Waals surface area contributed by atoms with Gasteiger partial charge in [-0.15, -0.1) is 0 Å². The van der Waals surface area contributed by atoms with Crippen molar-refractivity contribution in [2.75, 3.05) is 11.9 Å². The summed E-state index contributed by atoms with van der Waals surface area (Å²) in [6.07, 6.45) is 1.06. The monoisotopic (exact) mass is 367 g/mol. The lowest BCUT2D eigenvalue weighted by Crippen LogP contribution is -2.14. The largest absolute Gasteiger partial charge is 0.462 e. The van der Waals surface area contributed by atoms with Gasteiger partial charge in [0.25, 0.3) is 0 Å². The Bertz CT molecular complexity index is 801. The van der Waals surface area contributed by atoms with E-state index in [0.29, 0.717) is 30.7 Å². The van der Waals surface area contributed by atoms with E-state index in [1.165, 1.54) is 5.56 Å². The van der Waals surface area contributed by atoms with Gasteiger partial charge in [0, 0.05) is 12.1 Å². The van der Waals surface area contributed by atoms with Crippen molar-refractivity contribution >= 4 is 17.6 Å². The summed E-state index contributed by atoms with van der Waals surface area (Å²) in [5, 5.41) is 2.91. The second kappa shape index (κ2) is 8.85. The molecular weight excluding hydrogens is 338 g/mol. The average Bonchev–Trinajstić information content (AvgIpc) is 2.61. The van der Waals surface area contributed by atoms with E-state index in [1.807, 2.05) is 13.0 Å². The van der Waals surface area contributed by atoms with Crippen LogP contribution in [0.15, 0.2) is 42.5 Å². The molecule has 0 fully saturated rings. The Kier molecular flexibility index (Phi) is 6.78. The highest BCUT2D eigenvalue weighted by atomic mass is 16.5. The summed E-state index contributed by atoms with van der Waals surface area (Å²) in [6.45, 7) is 10.5. The third kappa shape index (κ3) is 5.95. The molecule has 0 aliphatic rings. The van der Waals surface area contributed by atoms with Crippen molar-refractivity contribution in [1.29, 1.82) is 0 Å². The van der Waals surface area contributed by atoms with Gasteiger partial charge in [-0.1, -0.05) is 51.1 Å². The number of nitrogens with one attached hydrogen (secondary N) is 1. The smallest absolute Gasteiger partial charge is 0.338 e. The summed E-state index contributed by atoms with van der Waals surface area (Å²) >= 11 is 0. The lowest BCUT2D eigenvalue weighted by atomic mass is 9.86. The van der Waals surface area contributed by atoms with Gasteiger partial charge in [0.1, 0.15) is 0 Å². The molecule has 27 heavy (non-hydrogen) atoms. The second-order valence-corrected chi connectivity index (χ2v) is 7.75. The molecule has 0 aromatic heterocycles. The zero-order chi connectivity index (χ0) is 20.0. The van der Waals surface area contributed by atoms with Crippen LogP contribution in [0.5, 0.6) is 0 Å². The summed E-state index contributed by atoms with van der Waals surface area (Å²) in [7, 11) is 0. The van der Waals surface area contributed by atoms with E-state index in [9.17, 15) is 9.59 Å². The van der Waals surface area contributed by atoms with Crippen LogP contribution in [-0.4, -0.2) is 18.5 Å². The van der Waals surface area contributed by atoms with Crippen LogP contribution in [0.1, 0.15) is 61.2 Å². The number of esters is 1. The SMILES string of the molecule is CCOC(=O)c1ccc(C)c(NC(=O)CCc2ccc(C(C)(C)C)cc2)c1. The topological polar surface area (TPSA) is 55.4 Å². The van der Waals surface area contributed by atoms with Crippen LogP contribution in [0, 0.1) is 6.92 Å². The zero-order valence-electron chi connectivity index (χ0n) is 16.9. The molecule has 0 bridgehead atoms. The van der Waals surface area contributed by atoms with E-state index in [1.54, 1.807) is 19.1 Å². The minimum atomic E-state index is -0.382. The molecule has 2 rings (SSSR count). The van der Waals surface area contributed by atoms with Crippen molar-refractivity contribution in [3.05, 3.63) is 64.7 Å². The number of rotatable bonds is 6. The molecule has 0 aliphatic heterocycles. The fourth-order valence-electron chi connectivity index (χ4n) is 2.74. The van der Waals surface area contributed by atoms with Crippen LogP contribution in [0.3, 0.4) is 0 Å². The van der Waals surface area contributed by atoms with Crippen LogP contribution >= 0.6 is 0 Å². The molecule has 4 nitrogen and oxygen atoms in total. The number of hydrogen-bond donors (Lipinski definition) is 1. The highest BCUT2D eigenvalue weighted by Gasteiger charge is 2.14. The molecule has 0 saturated heterocycles. The van der Waals surface area contributed by atoms with Crippen molar-refractivity contribution < 1.29 is 14.3 Å². The van der Waals surface area contributed by atoms with Gasteiger partial charge < -0.3 is 10.1 Å². The minimum absolute atomic E-state index is 0.0704. The summed E-state index contributed by atoms with van der Waals surface area (Å²) in [5.74, 6) is -0.453. The lowest BCUT2D eigenvalue weighted by Gasteiger charge is -2.19. The first-order chi connectivity index (χ1) is 12.7. The molecule has 1 N–H and O–H groups in total. The molecule has 0 atom stereocenters. The molecule has 0 saturated carbocycles. The second-order valence-electron chi connectivity index (χ2n) is 7.75. The fourth-order valence-corrected chi connectivity index (χ4v) is 2.74. The molecule has 0 radical (unpaired) electrons. The molecular formula is C23H29NO3. The van der Waals surface area contributed by atoms with Gasteiger partial charge in [-0.05, 0) is 54.5 Å². The first kappa shape index (κ1) is 20.7. The van der Waals surface area contributed by atoms with Crippen LogP contribution in [0.2, 0.25) is 0 Å². The van der Waals surface area contributed by atoms with Gasteiger partial charge in [-0.3, -0.25) is 4.79 Å². The maximum absolute atomic E-state index is 12.3. The number of anilines is 1. The minimum Gasteiger partial charge on any atom is -0.462 e. The predicted molar refractivity (Wildman–Crippen MR) is 109 cm³/mol. The quantitative estimate of drug-likeness (QED) is 0.728. The molecule has 2 aromatic carbocycles. The molecule has 0 unspecified atom stereocenters. The molecule has 0 heterocycles. The molecule has 0 spiro atoms. The Hall–Kier alpha value is -2.62. The first-order valence-electron chi connectivity index (χ1n) is 9.37. The molecule has 0 aliphatic carbocycles. The number of benzene rings is 2. The molecule has 1 amide bonds. The van der Waals surface area contributed by atoms with Crippen molar-refractivity contribution in [2.45, 2.75) is 52.9 Å². The van der Waals surface area contributed by atoms with Crippen LogP contribution in [0.4, 0.5) is 5.69 Å². The summed E-state index contributed by atoms with van der Waals surface area (Å²) in [5.41, 5.74) is 4.53. The van der Waals surface area contributed by atoms with Crippen molar-refractivity contribution in [3.8, 4) is 0 Å². The highest BCUT2D eigenvalue weighted by molar-refractivity contribution is 5.95. The predicted octanol–water partition coefficient (Wildman–Crippen LogP) is 5.04. The van der Waals surface area contributed by atoms with Crippen molar-refractivity contribution in [3.63, 3.8) is 0 Å². The van der Waals surface area contributed by atoms with Gasteiger partial charge >= 0.3 is 5.97 Å². The van der Waals surface area contributed by atoms with E-state index in [2.05, 4.69) is 50.4 Å². The summed E-state index contributed by atoms with van der Waals surface area (Å²) in [6, 6.07) is 13.6. The fraction of sp³-hybridized carbons (Fsp3) is 0.391. The van der Waals surface area contributed by atoms with E-state index in [0.717, 1.165) is 11.1 Å². The van der Waals surface area contributed by atoms with Gasteiger partial charge in [0.2, 0.25) is 5.91 Å². The summed E-state index contributed by atoms with van der Waals surface area (Å²) in [4.78, 5) is 24.2. The Morgan fingerprint density at radius 3 is 2.30 bits per heavy atom. The van der Waals surface area contributed by atoms with Gasteiger partial charge in [-0.25, -0.2) is 4.79 Å². The zero-order valence-corrected chi connectivity index (χ0v) is 16.9. The Balaban J connectivity index is 1.97. The van der Waals surface area contributed by atoms with E-state index >= 15 is 0 Å². The van der Waals surface area contributed by atoms with Gasteiger partial charge in [-0.2, -0.15) is 0 Å². The maximum Gasteiger partial charge on any atom is 0.338 e. The van der Waals surface area contributed by atoms with E-state index < -0.39 is 0 Å². The van der Waals surface area contributed by atoms with Gasteiger partial charge in [0.15, 0.2) is 0 Å².